The van der Waals surface area contributed by atoms with Crippen molar-refractivity contribution < 1.29 is 0 Å². The lowest BCUT2D eigenvalue weighted by atomic mass is 10.4. The Balaban J connectivity index is 0.00000242. The minimum Gasteiger partial charge on any atom is -0.357 e. The Kier molecular flexibility index (Phi) is 8.96. The van der Waals surface area contributed by atoms with E-state index in [0.29, 0.717) is 6.54 Å². The largest absolute Gasteiger partial charge is 0.357 e. The molecular formula is C15H23IN4S2. The molecule has 0 fully saturated rings. The fourth-order valence-electron chi connectivity index (χ4n) is 1.84. The van der Waals surface area contributed by atoms with Gasteiger partial charge in [-0.05, 0) is 32.4 Å². The molecule has 2 aromatic rings. The maximum Gasteiger partial charge on any atom is 0.191 e. The molecule has 7 heteroatoms. The monoisotopic (exact) mass is 450 g/mol. The number of guanidine groups is 1. The highest BCUT2D eigenvalue weighted by Gasteiger charge is 2.02. The first-order valence-electron chi connectivity index (χ1n) is 7.22. The van der Waals surface area contributed by atoms with Gasteiger partial charge in [0.1, 0.15) is 0 Å². The van der Waals surface area contributed by atoms with Gasteiger partial charge in [-0.2, -0.15) is 0 Å². The summed E-state index contributed by atoms with van der Waals surface area (Å²) in [5.41, 5.74) is 1.04. The second-order valence-corrected chi connectivity index (χ2v) is 6.96. The third kappa shape index (κ3) is 6.21. The van der Waals surface area contributed by atoms with Crippen LogP contribution in [0.15, 0.2) is 22.5 Å². The Bertz CT molecular complexity index is 592. The van der Waals surface area contributed by atoms with Crippen molar-refractivity contribution in [3.8, 4) is 0 Å². The van der Waals surface area contributed by atoms with Crippen molar-refractivity contribution in [3.05, 3.63) is 38.0 Å². The third-order valence-electron chi connectivity index (χ3n) is 2.87. The maximum atomic E-state index is 4.60. The molecule has 0 aliphatic carbocycles. The van der Waals surface area contributed by atoms with Crippen LogP contribution in [0.1, 0.15) is 34.3 Å². The van der Waals surface area contributed by atoms with E-state index >= 15 is 0 Å². The van der Waals surface area contributed by atoms with Crippen LogP contribution < -0.4 is 10.6 Å². The highest BCUT2D eigenvalue weighted by molar-refractivity contribution is 14.0. The molecule has 0 unspecified atom stereocenters. The van der Waals surface area contributed by atoms with E-state index in [9.17, 15) is 0 Å². The number of nitrogens with one attached hydrogen (secondary N) is 2. The molecule has 2 rings (SSSR count). The fraction of sp³-hybridized carbons (Fsp3) is 0.467. The molecule has 0 radical (unpaired) electrons. The van der Waals surface area contributed by atoms with E-state index in [0.717, 1.165) is 31.2 Å². The van der Waals surface area contributed by atoms with Gasteiger partial charge in [0.2, 0.25) is 0 Å². The van der Waals surface area contributed by atoms with Crippen molar-refractivity contribution >= 4 is 52.6 Å². The van der Waals surface area contributed by atoms with E-state index in [1.54, 1.807) is 11.3 Å². The lowest BCUT2D eigenvalue weighted by molar-refractivity contribution is 0.819. The molecule has 2 heterocycles. The van der Waals surface area contributed by atoms with E-state index < -0.39 is 0 Å². The SMILES string of the molecule is CCNC(=NCc1csc(CC)n1)NCc1ccc(C)s1.I. The summed E-state index contributed by atoms with van der Waals surface area (Å²) in [6, 6.07) is 4.30. The molecule has 0 amide bonds. The molecular weight excluding hydrogens is 427 g/mol. The van der Waals surface area contributed by atoms with Gasteiger partial charge in [-0.3, -0.25) is 0 Å². The van der Waals surface area contributed by atoms with Crippen molar-refractivity contribution in [2.45, 2.75) is 40.3 Å². The number of thiophene rings is 1. The number of nitrogens with zero attached hydrogens (tertiary/aromatic N) is 2. The van der Waals surface area contributed by atoms with Gasteiger partial charge in [0.05, 0.1) is 23.8 Å². The Labute approximate surface area is 157 Å². The molecule has 0 aliphatic rings. The molecule has 122 valence electrons. The lowest BCUT2D eigenvalue weighted by Gasteiger charge is -2.09. The molecule has 0 spiro atoms. The second-order valence-electron chi connectivity index (χ2n) is 4.65. The zero-order valence-electron chi connectivity index (χ0n) is 13.2. The van der Waals surface area contributed by atoms with E-state index in [1.807, 2.05) is 11.3 Å². The second kappa shape index (κ2) is 10.2. The number of aryl methyl sites for hydroxylation is 2. The average Bonchev–Trinajstić information content (AvgIpc) is 3.10. The van der Waals surface area contributed by atoms with E-state index in [1.165, 1.54) is 14.8 Å². The van der Waals surface area contributed by atoms with Crippen LogP contribution >= 0.6 is 46.7 Å². The predicted molar refractivity (Wildman–Crippen MR) is 108 cm³/mol. The van der Waals surface area contributed by atoms with Crippen molar-refractivity contribution in [1.82, 2.24) is 15.6 Å². The zero-order valence-corrected chi connectivity index (χ0v) is 17.1. The standard InChI is InChI=1S/C15H22N4S2.HI/c1-4-14-19-12(10-20-14)8-17-15(16-5-2)18-9-13-7-6-11(3)21-13;/h6-7,10H,4-5,8-9H2,1-3H3,(H2,16,17,18);1H. The summed E-state index contributed by atoms with van der Waals surface area (Å²) < 4.78 is 0. The van der Waals surface area contributed by atoms with Crippen molar-refractivity contribution in [2.24, 2.45) is 4.99 Å². The first kappa shape index (κ1) is 19.4. The Morgan fingerprint density at radius 1 is 1.27 bits per heavy atom. The van der Waals surface area contributed by atoms with Crippen LogP contribution in [0.25, 0.3) is 0 Å². The molecule has 2 N–H and O–H groups in total. The molecule has 22 heavy (non-hydrogen) atoms. The molecule has 4 nitrogen and oxygen atoms in total. The van der Waals surface area contributed by atoms with Gasteiger partial charge in [-0.15, -0.1) is 46.7 Å². The number of rotatable bonds is 6. The highest BCUT2D eigenvalue weighted by atomic mass is 127. The summed E-state index contributed by atoms with van der Waals surface area (Å²) in [6.45, 7) is 8.61. The van der Waals surface area contributed by atoms with Gasteiger partial charge >= 0.3 is 0 Å². The number of halogens is 1. The fourth-order valence-corrected chi connectivity index (χ4v) is 3.40. The molecule has 2 aromatic heterocycles. The molecule has 0 bridgehead atoms. The first-order valence-corrected chi connectivity index (χ1v) is 8.91. The number of thiazole rings is 1. The van der Waals surface area contributed by atoms with Gasteiger partial charge in [-0.25, -0.2) is 9.98 Å². The highest BCUT2D eigenvalue weighted by Crippen LogP contribution is 2.14. The van der Waals surface area contributed by atoms with Crippen LogP contribution in [-0.4, -0.2) is 17.5 Å². The van der Waals surface area contributed by atoms with Gasteiger partial charge in [0.15, 0.2) is 5.96 Å². The van der Waals surface area contributed by atoms with Crippen LogP contribution in [0.3, 0.4) is 0 Å². The molecule has 0 atom stereocenters. The average molecular weight is 450 g/mol. The molecule has 0 aromatic carbocycles. The van der Waals surface area contributed by atoms with Gasteiger partial charge < -0.3 is 10.6 Å². The summed E-state index contributed by atoms with van der Waals surface area (Å²) in [7, 11) is 0. The van der Waals surface area contributed by atoms with E-state index in [2.05, 4.69) is 58.9 Å². The lowest BCUT2D eigenvalue weighted by Crippen LogP contribution is -2.36. The van der Waals surface area contributed by atoms with E-state index in [4.69, 9.17) is 0 Å². The number of aromatic nitrogens is 1. The third-order valence-corrected chi connectivity index (χ3v) is 4.91. The zero-order chi connectivity index (χ0) is 15.1. The van der Waals surface area contributed by atoms with Crippen molar-refractivity contribution in [3.63, 3.8) is 0 Å². The van der Waals surface area contributed by atoms with Gasteiger partial charge in [0, 0.05) is 21.7 Å². The number of hydrogen-bond acceptors (Lipinski definition) is 4. The predicted octanol–water partition coefficient (Wildman–Crippen LogP) is 3.95. The van der Waals surface area contributed by atoms with Crippen molar-refractivity contribution in [2.75, 3.05) is 6.54 Å². The van der Waals surface area contributed by atoms with Crippen molar-refractivity contribution in [1.29, 1.82) is 0 Å². The van der Waals surface area contributed by atoms with Crippen LogP contribution in [0.5, 0.6) is 0 Å². The van der Waals surface area contributed by atoms with Crippen LogP contribution in [0.2, 0.25) is 0 Å². The van der Waals surface area contributed by atoms with Gasteiger partial charge in [0.25, 0.3) is 0 Å². The molecule has 0 saturated carbocycles. The molecule has 0 aliphatic heterocycles. The summed E-state index contributed by atoms with van der Waals surface area (Å²) >= 11 is 3.52. The van der Waals surface area contributed by atoms with Crippen LogP contribution in [0, 0.1) is 6.92 Å². The minimum absolute atomic E-state index is 0. The Morgan fingerprint density at radius 3 is 2.68 bits per heavy atom. The molecule has 0 saturated heterocycles. The van der Waals surface area contributed by atoms with E-state index in [-0.39, 0.29) is 24.0 Å². The number of hydrogen-bond donors (Lipinski definition) is 2. The quantitative estimate of drug-likeness (QED) is 0.398. The Morgan fingerprint density at radius 2 is 2.09 bits per heavy atom. The summed E-state index contributed by atoms with van der Waals surface area (Å²) in [5.74, 6) is 0.842. The summed E-state index contributed by atoms with van der Waals surface area (Å²) in [5, 5.41) is 9.90. The first-order chi connectivity index (χ1) is 10.2. The minimum atomic E-state index is 0. The maximum absolute atomic E-state index is 4.60. The van der Waals surface area contributed by atoms with Crippen LogP contribution in [0.4, 0.5) is 0 Å². The Hall–Kier alpha value is -0.670. The smallest absolute Gasteiger partial charge is 0.191 e. The number of aliphatic imine (C=N–C) groups is 1. The topological polar surface area (TPSA) is 49.3 Å². The van der Waals surface area contributed by atoms with Crippen LogP contribution in [-0.2, 0) is 19.5 Å². The normalized spacial score (nSPS) is 11.1. The summed E-state index contributed by atoms with van der Waals surface area (Å²) in [4.78, 5) is 11.8. The van der Waals surface area contributed by atoms with Gasteiger partial charge in [-0.1, -0.05) is 6.92 Å². The summed E-state index contributed by atoms with van der Waals surface area (Å²) in [6.07, 6.45) is 0.991.